The maximum absolute atomic E-state index is 12.7. The molecule has 0 saturated heterocycles. The van der Waals surface area contributed by atoms with Crippen LogP contribution in [0, 0.1) is 25.2 Å². The Hall–Kier alpha value is -2.65. The van der Waals surface area contributed by atoms with Crippen molar-refractivity contribution >= 4 is 28.9 Å². The lowest BCUT2D eigenvalue weighted by atomic mass is 9.99. The Morgan fingerprint density at radius 2 is 1.86 bits per heavy atom. The standard InChI is InChI=1S/C22H24N2O3S/c1-15-10-16(2)12-18(11-15)24(9-5-8-23)21(25)14-27-22(26)20-13-17-6-3-4-7-19(17)28-20/h10-13H,3-7,9,14H2,1-2H3. The maximum atomic E-state index is 12.7. The van der Waals surface area contributed by atoms with Crippen molar-refractivity contribution in [3.8, 4) is 6.07 Å². The number of amides is 1. The second kappa shape index (κ2) is 9.03. The molecule has 6 heteroatoms. The number of esters is 1. The van der Waals surface area contributed by atoms with E-state index in [0.29, 0.717) is 4.88 Å². The number of carbonyl (C=O) groups excluding carboxylic acids is 2. The number of aryl methyl sites for hydroxylation is 4. The number of nitrogens with zero attached hydrogens (tertiary/aromatic N) is 2. The van der Waals surface area contributed by atoms with Crippen molar-refractivity contribution in [1.82, 2.24) is 0 Å². The molecule has 0 aliphatic heterocycles. The summed E-state index contributed by atoms with van der Waals surface area (Å²) in [5.74, 6) is -0.775. The molecule has 1 heterocycles. The van der Waals surface area contributed by atoms with Gasteiger partial charge in [0.1, 0.15) is 4.88 Å². The van der Waals surface area contributed by atoms with Gasteiger partial charge in [0.2, 0.25) is 0 Å². The van der Waals surface area contributed by atoms with Crippen molar-refractivity contribution in [2.24, 2.45) is 0 Å². The van der Waals surface area contributed by atoms with Gasteiger partial charge in [0.25, 0.3) is 5.91 Å². The van der Waals surface area contributed by atoms with Crippen LogP contribution in [0.25, 0.3) is 0 Å². The van der Waals surface area contributed by atoms with Crippen molar-refractivity contribution in [1.29, 1.82) is 5.26 Å². The monoisotopic (exact) mass is 396 g/mol. The van der Waals surface area contributed by atoms with Gasteiger partial charge in [0.15, 0.2) is 6.61 Å². The number of rotatable bonds is 6. The van der Waals surface area contributed by atoms with Crippen LogP contribution in [0.15, 0.2) is 24.3 Å². The Bertz CT molecular complexity index is 883. The number of thiophene rings is 1. The van der Waals surface area contributed by atoms with Crippen LogP contribution in [-0.2, 0) is 22.4 Å². The number of anilines is 1. The quantitative estimate of drug-likeness (QED) is 0.681. The summed E-state index contributed by atoms with van der Waals surface area (Å²) in [4.78, 5) is 28.5. The van der Waals surface area contributed by atoms with Crippen LogP contribution in [0.5, 0.6) is 0 Å². The minimum atomic E-state index is -0.451. The first-order valence-corrected chi connectivity index (χ1v) is 10.3. The normalized spacial score (nSPS) is 12.8. The van der Waals surface area contributed by atoms with E-state index in [4.69, 9.17) is 10.00 Å². The number of benzene rings is 1. The number of hydrogen-bond donors (Lipinski definition) is 0. The molecule has 1 aromatic heterocycles. The van der Waals surface area contributed by atoms with Crippen LogP contribution >= 0.6 is 11.3 Å². The van der Waals surface area contributed by atoms with Gasteiger partial charge in [-0.1, -0.05) is 6.07 Å². The van der Waals surface area contributed by atoms with Crippen LogP contribution in [0.1, 0.15) is 50.5 Å². The zero-order chi connectivity index (χ0) is 20.1. The van der Waals surface area contributed by atoms with E-state index < -0.39 is 5.97 Å². The first-order chi connectivity index (χ1) is 13.5. The Morgan fingerprint density at radius 1 is 1.14 bits per heavy atom. The third-order valence-electron chi connectivity index (χ3n) is 4.79. The van der Waals surface area contributed by atoms with E-state index in [-0.39, 0.29) is 25.5 Å². The summed E-state index contributed by atoms with van der Waals surface area (Å²) in [5, 5.41) is 8.93. The minimum absolute atomic E-state index is 0.213. The maximum Gasteiger partial charge on any atom is 0.348 e. The predicted molar refractivity (Wildman–Crippen MR) is 110 cm³/mol. The summed E-state index contributed by atoms with van der Waals surface area (Å²) in [5.41, 5.74) is 4.03. The third kappa shape index (κ3) is 4.79. The SMILES string of the molecule is Cc1cc(C)cc(N(CCC#N)C(=O)COC(=O)c2cc3c(s2)CCCC3)c1. The topological polar surface area (TPSA) is 70.4 Å². The second-order valence-corrected chi connectivity index (χ2v) is 8.28. The lowest BCUT2D eigenvalue weighted by Crippen LogP contribution is -2.35. The highest BCUT2D eigenvalue weighted by Crippen LogP contribution is 2.30. The number of carbonyl (C=O) groups is 2. The van der Waals surface area contributed by atoms with Crippen molar-refractivity contribution in [3.05, 3.63) is 50.7 Å². The molecule has 28 heavy (non-hydrogen) atoms. The summed E-state index contributed by atoms with van der Waals surface area (Å²) in [6.45, 7) is 3.85. The molecule has 0 radical (unpaired) electrons. The number of ether oxygens (including phenoxy) is 1. The fourth-order valence-electron chi connectivity index (χ4n) is 3.53. The van der Waals surface area contributed by atoms with E-state index in [2.05, 4.69) is 6.07 Å². The van der Waals surface area contributed by atoms with Gasteiger partial charge in [0.05, 0.1) is 12.5 Å². The molecule has 0 unspecified atom stereocenters. The lowest BCUT2D eigenvalue weighted by Gasteiger charge is -2.22. The van der Waals surface area contributed by atoms with Gasteiger partial charge in [-0.25, -0.2) is 4.79 Å². The lowest BCUT2D eigenvalue weighted by molar-refractivity contribution is -0.121. The van der Waals surface area contributed by atoms with Gasteiger partial charge in [0, 0.05) is 17.1 Å². The van der Waals surface area contributed by atoms with Crippen molar-refractivity contribution in [2.75, 3.05) is 18.1 Å². The molecule has 1 amide bonds. The molecule has 146 valence electrons. The highest BCUT2D eigenvalue weighted by atomic mass is 32.1. The van der Waals surface area contributed by atoms with Crippen molar-refractivity contribution in [3.63, 3.8) is 0 Å². The van der Waals surface area contributed by atoms with Crippen LogP contribution < -0.4 is 4.90 Å². The Kier molecular flexibility index (Phi) is 6.48. The van der Waals surface area contributed by atoms with E-state index in [1.54, 1.807) is 0 Å². The van der Waals surface area contributed by atoms with Crippen molar-refractivity contribution in [2.45, 2.75) is 46.0 Å². The molecule has 5 nitrogen and oxygen atoms in total. The summed E-state index contributed by atoms with van der Waals surface area (Å²) >= 11 is 1.48. The van der Waals surface area contributed by atoms with Gasteiger partial charge in [-0.15, -0.1) is 11.3 Å². The molecule has 2 aromatic rings. The Balaban J connectivity index is 1.68. The van der Waals surface area contributed by atoms with E-state index >= 15 is 0 Å². The van der Waals surface area contributed by atoms with Crippen LogP contribution in [-0.4, -0.2) is 25.0 Å². The fraction of sp³-hybridized carbons (Fsp3) is 0.409. The molecular formula is C22H24N2O3S. The van der Waals surface area contributed by atoms with Gasteiger partial charge in [-0.2, -0.15) is 5.26 Å². The minimum Gasteiger partial charge on any atom is -0.451 e. The molecule has 0 saturated carbocycles. The first-order valence-electron chi connectivity index (χ1n) is 9.52. The van der Waals surface area contributed by atoms with E-state index in [1.807, 2.05) is 38.1 Å². The smallest absolute Gasteiger partial charge is 0.348 e. The van der Waals surface area contributed by atoms with Crippen molar-refractivity contribution < 1.29 is 14.3 Å². The first kappa shape index (κ1) is 20.1. The zero-order valence-electron chi connectivity index (χ0n) is 16.3. The largest absolute Gasteiger partial charge is 0.451 e. The van der Waals surface area contributed by atoms with Gasteiger partial charge < -0.3 is 9.64 Å². The summed E-state index contributed by atoms with van der Waals surface area (Å²) in [6, 6.07) is 9.80. The molecule has 0 spiro atoms. The average molecular weight is 397 g/mol. The summed E-state index contributed by atoms with van der Waals surface area (Å²) < 4.78 is 5.31. The third-order valence-corrected chi connectivity index (χ3v) is 6.01. The van der Waals surface area contributed by atoms with Gasteiger partial charge in [-0.3, -0.25) is 4.79 Å². The molecule has 0 atom stereocenters. The molecule has 1 aromatic carbocycles. The zero-order valence-corrected chi connectivity index (χ0v) is 17.1. The Labute approximate surface area is 169 Å². The predicted octanol–water partition coefficient (Wildman–Crippen LogP) is 4.35. The molecule has 1 aliphatic rings. The molecule has 0 bridgehead atoms. The number of nitriles is 1. The van der Waals surface area contributed by atoms with Gasteiger partial charge in [-0.05, 0) is 74.4 Å². The molecular weight excluding hydrogens is 372 g/mol. The molecule has 0 fully saturated rings. The van der Waals surface area contributed by atoms with Crippen LogP contribution in [0.3, 0.4) is 0 Å². The highest BCUT2D eigenvalue weighted by molar-refractivity contribution is 7.14. The van der Waals surface area contributed by atoms with E-state index in [0.717, 1.165) is 42.5 Å². The number of fused-ring (bicyclic) bond motifs is 1. The van der Waals surface area contributed by atoms with E-state index in [1.165, 1.54) is 26.7 Å². The summed E-state index contributed by atoms with van der Waals surface area (Å²) in [6.07, 6.45) is 4.54. The van der Waals surface area contributed by atoms with Crippen LogP contribution in [0.2, 0.25) is 0 Å². The van der Waals surface area contributed by atoms with Crippen LogP contribution in [0.4, 0.5) is 5.69 Å². The van der Waals surface area contributed by atoms with E-state index in [9.17, 15) is 9.59 Å². The molecule has 1 aliphatic carbocycles. The Morgan fingerprint density at radius 3 is 2.54 bits per heavy atom. The second-order valence-electron chi connectivity index (χ2n) is 7.14. The molecule has 0 N–H and O–H groups in total. The highest BCUT2D eigenvalue weighted by Gasteiger charge is 2.21. The molecule has 3 rings (SSSR count). The average Bonchev–Trinajstić information content (AvgIpc) is 3.10. The summed E-state index contributed by atoms with van der Waals surface area (Å²) in [7, 11) is 0. The fourth-order valence-corrected chi connectivity index (χ4v) is 4.68. The number of hydrogen-bond acceptors (Lipinski definition) is 5. The van der Waals surface area contributed by atoms with Gasteiger partial charge >= 0.3 is 5.97 Å².